The molecule has 2 N–H and O–H groups in total. The lowest BCUT2D eigenvalue weighted by Gasteiger charge is -2.08. The molecule has 7 heteroatoms. The maximum absolute atomic E-state index is 10.8. The lowest BCUT2D eigenvalue weighted by Crippen LogP contribution is -2.00. The fourth-order valence-electron chi connectivity index (χ4n) is 1.59. The van der Waals surface area contributed by atoms with E-state index in [1.54, 1.807) is 24.3 Å². The molecule has 0 saturated heterocycles. The molecule has 104 valence electrons. The summed E-state index contributed by atoms with van der Waals surface area (Å²) >= 11 is 11.7. The Balaban J connectivity index is 2.15. The molecule has 0 heterocycles. The summed E-state index contributed by atoms with van der Waals surface area (Å²) in [6.07, 6.45) is 0. The Bertz CT molecular complexity index is 662. The molecule has 0 radical (unpaired) electrons. The molecular weight excluding hydrogens is 303 g/mol. The van der Waals surface area contributed by atoms with E-state index in [-0.39, 0.29) is 18.0 Å². The third-order valence-electron chi connectivity index (χ3n) is 2.58. The molecule has 2 aromatic carbocycles. The van der Waals surface area contributed by atoms with Crippen molar-refractivity contribution in [3.8, 4) is 5.75 Å². The first-order chi connectivity index (χ1) is 9.47. The molecule has 2 rings (SSSR count). The second-order valence-electron chi connectivity index (χ2n) is 4.01. The lowest BCUT2D eigenvalue weighted by atomic mass is 10.2. The number of hydrogen-bond acceptors (Lipinski definition) is 4. The van der Waals surface area contributed by atoms with Gasteiger partial charge < -0.3 is 10.5 Å². The monoisotopic (exact) mass is 312 g/mol. The summed E-state index contributed by atoms with van der Waals surface area (Å²) in [5.74, 6) is 0.454. The molecule has 0 amide bonds. The molecule has 0 saturated carbocycles. The summed E-state index contributed by atoms with van der Waals surface area (Å²) < 4.78 is 5.50. The van der Waals surface area contributed by atoms with Gasteiger partial charge in [0.25, 0.3) is 5.69 Å². The van der Waals surface area contributed by atoms with E-state index in [1.807, 2.05) is 0 Å². The number of nitrogens with zero attached hydrogens (tertiary/aromatic N) is 1. The minimum Gasteiger partial charge on any atom is -0.487 e. The second kappa shape index (κ2) is 5.98. The minimum absolute atomic E-state index is 0.114. The van der Waals surface area contributed by atoms with Gasteiger partial charge in [-0.1, -0.05) is 29.3 Å². The highest BCUT2D eigenvalue weighted by Gasteiger charge is 2.12. The van der Waals surface area contributed by atoms with E-state index in [2.05, 4.69) is 0 Å². The number of nitrogen functional groups attached to an aromatic ring is 1. The molecule has 5 nitrogen and oxygen atoms in total. The zero-order chi connectivity index (χ0) is 14.7. The van der Waals surface area contributed by atoms with Gasteiger partial charge in [-0.05, 0) is 29.8 Å². The normalized spacial score (nSPS) is 10.3. The summed E-state index contributed by atoms with van der Waals surface area (Å²) in [4.78, 5) is 10.3. The molecule has 2 aromatic rings. The summed E-state index contributed by atoms with van der Waals surface area (Å²) in [6.45, 7) is 0.141. The largest absolute Gasteiger partial charge is 0.487 e. The Morgan fingerprint density at radius 2 is 1.95 bits per heavy atom. The van der Waals surface area contributed by atoms with Crippen molar-refractivity contribution < 1.29 is 9.66 Å². The first-order valence-electron chi connectivity index (χ1n) is 5.58. The molecule has 0 aliphatic rings. The molecule has 0 bridgehead atoms. The Hall–Kier alpha value is -1.98. The van der Waals surface area contributed by atoms with Crippen LogP contribution in [0.3, 0.4) is 0 Å². The van der Waals surface area contributed by atoms with Crippen molar-refractivity contribution in [3.05, 3.63) is 62.1 Å². The van der Waals surface area contributed by atoms with Crippen molar-refractivity contribution in [2.24, 2.45) is 0 Å². The van der Waals surface area contributed by atoms with Crippen LogP contribution < -0.4 is 10.5 Å². The van der Waals surface area contributed by atoms with Gasteiger partial charge in [-0.25, -0.2) is 0 Å². The zero-order valence-corrected chi connectivity index (χ0v) is 11.7. The van der Waals surface area contributed by atoms with Crippen molar-refractivity contribution in [1.82, 2.24) is 0 Å². The number of halogens is 2. The van der Waals surface area contributed by atoms with Crippen molar-refractivity contribution in [3.63, 3.8) is 0 Å². The third-order valence-corrected chi connectivity index (χ3v) is 3.11. The van der Waals surface area contributed by atoms with Crippen LogP contribution in [0.25, 0.3) is 0 Å². The van der Waals surface area contributed by atoms with E-state index in [4.69, 9.17) is 33.7 Å². The van der Waals surface area contributed by atoms with Crippen LogP contribution in [0, 0.1) is 10.1 Å². The van der Waals surface area contributed by atoms with Crippen molar-refractivity contribution in [1.29, 1.82) is 0 Å². The Labute approximate surface area is 125 Å². The van der Waals surface area contributed by atoms with Crippen LogP contribution in [0.2, 0.25) is 10.0 Å². The van der Waals surface area contributed by atoms with Gasteiger partial charge in [0.1, 0.15) is 18.0 Å². The van der Waals surface area contributed by atoms with E-state index >= 15 is 0 Å². The van der Waals surface area contributed by atoms with Crippen molar-refractivity contribution in [2.45, 2.75) is 6.61 Å². The molecule has 0 fully saturated rings. The summed E-state index contributed by atoms with van der Waals surface area (Å²) in [7, 11) is 0. The number of nitro benzene ring substituents is 1. The predicted octanol–water partition coefficient (Wildman–Crippen LogP) is 4.06. The SMILES string of the molecule is Nc1ccc(COc2ccc(Cl)cc2Cl)cc1[N+](=O)[O-]. The molecule has 0 atom stereocenters. The molecule has 0 aliphatic heterocycles. The predicted molar refractivity (Wildman–Crippen MR) is 78.3 cm³/mol. The highest BCUT2D eigenvalue weighted by atomic mass is 35.5. The standard InChI is InChI=1S/C13H10Cl2N2O3/c14-9-2-4-13(10(15)6-9)20-7-8-1-3-11(16)12(5-8)17(18)19/h1-6H,7,16H2. The molecular formula is C13H10Cl2N2O3. The molecule has 0 spiro atoms. The summed E-state index contributed by atoms with van der Waals surface area (Å²) in [5, 5.41) is 11.7. The molecule has 20 heavy (non-hydrogen) atoms. The van der Waals surface area contributed by atoms with Gasteiger partial charge in [0, 0.05) is 11.1 Å². The fourth-order valence-corrected chi connectivity index (χ4v) is 2.05. The number of ether oxygens (including phenoxy) is 1. The number of benzene rings is 2. The summed E-state index contributed by atoms with van der Waals surface area (Å²) in [6, 6.07) is 9.35. The van der Waals surface area contributed by atoms with Crippen LogP contribution in [0.15, 0.2) is 36.4 Å². The highest BCUT2D eigenvalue weighted by Crippen LogP contribution is 2.29. The fraction of sp³-hybridized carbons (Fsp3) is 0.0769. The first-order valence-corrected chi connectivity index (χ1v) is 6.33. The second-order valence-corrected chi connectivity index (χ2v) is 4.86. The van der Waals surface area contributed by atoms with Crippen LogP contribution in [0.5, 0.6) is 5.75 Å². The quantitative estimate of drug-likeness (QED) is 0.524. The highest BCUT2D eigenvalue weighted by molar-refractivity contribution is 6.35. The number of anilines is 1. The number of rotatable bonds is 4. The van der Waals surface area contributed by atoms with Crippen molar-refractivity contribution in [2.75, 3.05) is 5.73 Å². The Kier molecular flexibility index (Phi) is 4.32. The number of nitrogens with two attached hydrogens (primary N) is 1. The average Bonchev–Trinajstić information content (AvgIpc) is 2.39. The van der Waals surface area contributed by atoms with Crippen LogP contribution in [-0.4, -0.2) is 4.92 Å². The topological polar surface area (TPSA) is 78.4 Å². The van der Waals surface area contributed by atoms with Crippen LogP contribution >= 0.6 is 23.2 Å². The van der Waals surface area contributed by atoms with E-state index in [0.29, 0.717) is 21.4 Å². The Morgan fingerprint density at radius 3 is 2.60 bits per heavy atom. The number of hydrogen-bond donors (Lipinski definition) is 1. The number of nitro groups is 1. The van der Waals surface area contributed by atoms with Crippen LogP contribution in [-0.2, 0) is 6.61 Å². The van der Waals surface area contributed by atoms with E-state index in [0.717, 1.165) is 0 Å². The van der Waals surface area contributed by atoms with Crippen LogP contribution in [0.4, 0.5) is 11.4 Å². The smallest absolute Gasteiger partial charge is 0.292 e. The molecule has 0 aliphatic carbocycles. The van der Waals surface area contributed by atoms with Gasteiger partial charge in [0.05, 0.1) is 9.95 Å². The van der Waals surface area contributed by atoms with E-state index < -0.39 is 4.92 Å². The van der Waals surface area contributed by atoms with Gasteiger partial charge in [-0.15, -0.1) is 0 Å². The maximum Gasteiger partial charge on any atom is 0.292 e. The van der Waals surface area contributed by atoms with Gasteiger partial charge in [0.15, 0.2) is 0 Å². The summed E-state index contributed by atoms with van der Waals surface area (Å²) in [5.41, 5.74) is 6.11. The van der Waals surface area contributed by atoms with Gasteiger partial charge in [-0.3, -0.25) is 10.1 Å². The van der Waals surface area contributed by atoms with E-state index in [1.165, 1.54) is 12.1 Å². The first kappa shape index (κ1) is 14.4. The maximum atomic E-state index is 10.8. The lowest BCUT2D eigenvalue weighted by molar-refractivity contribution is -0.384. The minimum atomic E-state index is -0.534. The van der Waals surface area contributed by atoms with Gasteiger partial charge in [-0.2, -0.15) is 0 Å². The Morgan fingerprint density at radius 1 is 1.20 bits per heavy atom. The van der Waals surface area contributed by atoms with Gasteiger partial charge >= 0.3 is 0 Å². The van der Waals surface area contributed by atoms with Crippen molar-refractivity contribution >= 4 is 34.6 Å². The zero-order valence-electron chi connectivity index (χ0n) is 10.2. The molecule has 0 unspecified atom stereocenters. The molecule has 0 aromatic heterocycles. The third kappa shape index (κ3) is 3.31. The van der Waals surface area contributed by atoms with Crippen LogP contribution in [0.1, 0.15) is 5.56 Å². The average molecular weight is 313 g/mol. The van der Waals surface area contributed by atoms with E-state index in [9.17, 15) is 10.1 Å². The van der Waals surface area contributed by atoms with Gasteiger partial charge in [0.2, 0.25) is 0 Å².